The SMILES string of the molecule is O=Cc1ccc(OCc2ccc(F)cn2)c(F)c1. The Balaban J connectivity index is 2.06. The summed E-state index contributed by atoms with van der Waals surface area (Å²) in [6.45, 7) is 0.0254. The van der Waals surface area contributed by atoms with Gasteiger partial charge in [-0.15, -0.1) is 0 Å². The van der Waals surface area contributed by atoms with Crippen LogP contribution in [0.4, 0.5) is 8.78 Å². The monoisotopic (exact) mass is 249 g/mol. The Hall–Kier alpha value is -2.30. The standard InChI is InChI=1S/C13H9F2NO2/c14-10-2-3-11(16-6-10)8-18-13-4-1-9(7-17)5-12(13)15/h1-7H,8H2. The molecule has 0 N–H and O–H groups in total. The van der Waals surface area contributed by atoms with E-state index in [9.17, 15) is 13.6 Å². The molecule has 0 saturated carbocycles. The number of hydrogen-bond acceptors (Lipinski definition) is 3. The molecule has 18 heavy (non-hydrogen) atoms. The first-order valence-electron chi connectivity index (χ1n) is 5.17. The van der Waals surface area contributed by atoms with Crippen LogP contribution in [0.25, 0.3) is 0 Å². The predicted molar refractivity (Wildman–Crippen MR) is 60.3 cm³/mol. The summed E-state index contributed by atoms with van der Waals surface area (Å²) in [6, 6.07) is 6.59. The van der Waals surface area contributed by atoms with Gasteiger partial charge in [0.25, 0.3) is 0 Å². The van der Waals surface area contributed by atoms with Crippen LogP contribution in [0.1, 0.15) is 16.1 Å². The van der Waals surface area contributed by atoms with Crippen LogP contribution in [-0.4, -0.2) is 11.3 Å². The molecule has 0 aliphatic rings. The number of aldehydes is 1. The second-order valence-corrected chi connectivity index (χ2v) is 3.56. The fourth-order valence-corrected chi connectivity index (χ4v) is 1.35. The highest BCUT2D eigenvalue weighted by Crippen LogP contribution is 2.18. The molecule has 2 rings (SSSR count). The highest BCUT2D eigenvalue weighted by Gasteiger charge is 2.05. The Kier molecular flexibility index (Phi) is 3.62. The number of hydrogen-bond donors (Lipinski definition) is 0. The molecule has 0 aliphatic carbocycles. The molecule has 0 atom stereocenters. The van der Waals surface area contributed by atoms with Crippen LogP contribution >= 0.6 is 0 Å². The van der Waals surface area contributed by atoms with E-state index in [0.29, 0.717) is 12.0 Å². The molecule has 3 nitrogen and oxygen atoms in total. The normalized spacial score (nSPS) is 10.1. The summed E-state index contributed by atoms with van der Waals surface area (Å²) in [5.74, 6) is -1.05. The van der Waals surface area contributed by atoms with Crippen LogP contribution in [0.5, 0.6) is 5.75 Å². The molecule has 1 aromatic carbocycles. The van der Waals surface area contributed by atoms with Crippen LogP contribution in [-0.2, 0) is 6.61 Å². The molecule has 0 spiro atoms. The van der Waals surface area contributed by atoms with Gasteiger partial charge in [-0.25, -0.2) is 8.78 Å². The topological polar surface area (TPSA) is 39.2 Å². The summed E-state index contributed by atoms with van der Waals surface area (Å²) < 4.78 is 31.2. The fourth-order valence-electron chi connectivity index (χ4n) is 1.35. The second-order valence-electron chi connectivity index (χ2n) is 3.56. The van der Waals surface area contributed by atoms with Gasteiger partial charge in [-0.05, 0) is 30.3 Å². The van der Waals surface area contributed by atoms with Crippen LogP contribution < -0.4 is 4.74 Å². The Morgan fingerprint density at radius 1 is 1.22 bits per heavy atom. The smallest absolute Gasteiger partial charge is 0.165 e. The van der Waals surface area contributed by atoms with Crippen molar-refractivity contribution in [1.29, 1.82) is 0 Å². The molecular weight excluding hydrogens is 240 g/mol. The first-order chi connectivity index (χ1) is 8.69. The van der Waals surface area contributed by atoms with Crippen molar-refractivity contribution in [2.75, 3.05) is 0 Å². The van der Waals surface area contributed by atoms with Crippen LogP contribution in [0.2, 0.25) is 0 Å². The average molecular weight is 249 g/mol. The third-order valence-electron chi connectivity index (χ3n) is 2.26. The van der Waals surface area contributed by atoms with Crippen molar-refractivity contribution in [2.24, 2.45) is 0 Å². The van der Waals surface area contributed by atoms with Crippen molar-refractivity contribution in [2.45, 2.75) is 6.61 Å². The zero-order valence-corrected chi connectivity index (χ0v) is 9.27. The van der Waals surface area contributed by atoms with E-state index in [-0.39, 0.29) is 17.9 Å². The van der Waals surface area contributed by atoms with Gasteiger partial charge >= 0.3 is 0 Å². The maximum atomic E-state index is 13.4. The number of halogens is 2. The van der Waals surface area contributed by atoms with E-state index in [4.69, 9.17) is 4.74 Å². The van der Waals surface area contributed by atoms with E-state index < -0.39 is 11.6 Å². The highest BCUT2D eigenvalue weighted by molar-refractivity contribution is 5.74. The number of pyridine rings is 1. The van der Waals surface area contributed by atoms with Gasteiger partial charge in [-0.2, -0.15) is 0 Å². The quantitative estimate of drug-likeness (QED) is 0.782. The lowest BCUT2D eigenvalue weighted by molar-refractivity contribution is 0.112. The second kappa shape index (κ2) is 5.35. The van der Waals surface area contributed by atoms with Gasteiger partial charge in [0.05, 0.1) is 11.9 Å². The summed E-state index contributed by atoms with van der Waals surface area (Å²) >= 11 is 0. The van der Waals surface area contributed by atoms with Crippen molar-refractivity contribution < 1.29 is 18.3 Å². The summed E-state index contributed by atoms with van der Waals surface area (Å²) in [4.78, 5) is 14.2. The van der Waals surface area contributed by atoms with E-state index in [0.717, 1.165) is 12.3 Å². The number of carbonyl (C=O) groups is 1. The minimum absolute atomic E-state index is 0.0201. The predicted octanol–water partition coefficient (Wildman–Crippen LogP) is 2.75. The summed E-state index contributed by atoms with van der Waals surface area (Å²) in [5.41, 5.74) is 0.718. The molecule has 0 saturated heterocycles. The lowest BCUT2D eigenvalue weighted by Gasteiger charge is -2.06. The molecular formula is C13H9F2NO2. The van der Waals surface area contributed by atoms with Crippen LogP contribution in [0, 0.1) is 11.6 Å². The highest BCUT2D eigenvalue weighted by atomic mass is 19.1. The van der Waals surface area contributed by atoms with E-state index in [1.807, 2.05) is 0 Å². The van der Waals surface area contributed by atoms with Gasteiger partial charge < -0.3 is 4.74 Å². The van der Waals surface area contributed by atoms with Gasteiger partial charge in [0.1, 0.15) is 18.7 Å². The third-order valence-corrected chi connectivity index (χ3v) is 2.26. The summed E-state index contributed by atoms with van der Waals surface area (Å²) in [7, 11) is 0. The molecule has 2 aromatic rings. The largest absolute Gasteiger partial charge is 0.484 e. The number of aromatic nitrogens is 1. The molecule has 92 valence electrons. The number of rotatable bonds is 4. The average Bonchev–Trinajstić information content (AvgIpc) is 2.39. The maximum absolute atomic E-state index is 13.4. The number of benzene rings is 1. The van der Waals surface area contributed by atoms with Crippen molar-refractivity contribution in [3.63, 3.8) is 0 Å². The summed E-state index contributed by atoms with van der Waals surface area (Å²) in [6.07, 6.45) is 1.61. The molecule has 0 unspecified atom stereocenters. The zero-order chi connectivity index (χ0) is 13.0. The lowest BCUT2D eigenvalue weighted by Crippen LogP contribution is -2.00. The van der Waals surface area contributed by atoms with Crippen molar-refractivity contribution in [3.05, 3.63) is 59.4 Å². The number of ether oxygens (including phenoxy) is 1. The molecule has 0 fully saturated rings. The van der Waals surface area contributed by atoms with Crippen molar-refractivity contribution in [1.82, 2.24) is 4.98 Å². The van der Waals surface area contributed by atoms with E-state index >= 15 is 0 Å². The van der Waals surface area contributed by atoms with Crippen molar-refractivity contribution >= 4 is 6.29 Å². The van der Waals surface area contributed by atoms with Gasteiger partial charge in [-0.1, -0.05) is 0 Å². The first kappa shape index (κ1) is 12.2. The molecule has 0 aliphatic heterocycles. The Labute approximate surface area is 102 Å². The van der Waals surface area contributed by atoms with Gasteiger partial charge in [0, 0.05) is 5.56 Å². The van der Waals surface area contributed by atoms with E-state index in [1.54, 1.807) is 0 Å². The minimum atomic E-state index is -0.623. The van der Waals surface area contributed by atoms with Crippen molar-refractivity contribution in [3.8, 4) is 5.75 Å². The Bertz CT molecular complexity index is 555. The van der Waals surface area contributed by atoms with Crippen LogP contribution in [0.15, 0.2) is 36.5 Å². The number of carbonyl (C=O) groups excluding carboxylic acids is 1. The van der Waals surface area contributed by atoms with E-state index in [2.05, 4.69) is 4.98 Å². The van der Waals surface area contributed by atoms with Gasteiger partial charge in [0.2, 0.25) is 0 Å². The zero-order valence-electron chi connectivity index (χ0n) is 9.27. The molecule has 0 amide bonds. The third kappa shape index (κ3) is 2.88. The lowest BCUT2D eigenvalue weighted by atomic mass is 10.2. The molecule has 0 radical (unpaired) electrons. The minimum Gasteiger partial charge on any atom is -0.484 e. The van der Waals surface area contributed by atoms with Gasteiger partial charge in [0.15, 0.2) is 11.6 Å². The Morgan fingerprint density at radius 2 is 2.06 bits per heavy atom. The molecule has 5 heteroatoms. The van der Waals surface area contributed by atoms with Gasteiger partial charge in [-0.3, -0.25) is 9.78 Å². The van der Waals surface area contributed by atoms with E-state index in [1.165, 1.54) is 24.3 Å². The Morgan fingerprint density at radius 3 is 2.67 bits per heavy atom. The summed E-state index contributed by atoms with van der Waals surface area (Å²) in [5, 5.41) is 0. The fraction of sp³-hybridized carbons (Fsp3) is 0.0769. The number of nitrogens with zero attached hydrogens (tertiary/aromatic N) is 1. The first-order valence-corrected chi connectivity index (χ1v) is 5.17. The maximum Gasteiger partial charge on any atom is 0.165 e. The van der Waals surface area contributed by atoms with Crippen LogP contribution in [0.3, 0.4) is 0 Å². The molecule has 0 bridgehead atoms. The molecule has 1 aromatic heterocycles. The molecule has 1 heterocycles.